The molecule has 0 fully saturated rings. The maximum Gasteiger partial charge on any atom is 0.236 e. The second-order valence-electron chi connectivity index (χ2n) is 6.20. The zero-order chi connectivity index (χ0) is 20.6. The van der Waals surface area contributed by atoms with E-state index in [-0.39, 0.29) is 23.4 Å². The zero-order valence-corrected chi connectivity index (χ0v) is 17.4. The van der Waals surface area contributed by atoms with Gasteiger partial charge in [0, 0.05) is 27.9 Å². The molecule has 0 radical (unpaired) electrons. The van der Waals surface area contributed by atoms with E-state index >= 15 is 0 Å². The predicted molar refractivity (Wildman–Crippen MR) is 117 cm³/mol. The van der Waals surface area contributed by atoms with Gasteiger partial charge in [-0.25, -0.2) is 9.37 Å². The van der Waals surface area contributed by atoms with Crippen molar-refractivity contribution < 1.29 is 14.0 Å². The Balaban J connectivity index is 1.49. The van der Waals surface area contributed by atoms with E-state index in [9.17, 15) is 14.0 Å². The van der Waals surface area contributed by atoms with E-state index in [1.807, 2.05) is 36.6 Å². The van der Waals surface area contributed by atoms with Crippen LogP contribution in [0.3, 0.4) is 0 Å². The van der Waals surface area contributed by atoms with Gasteiger partial charge < -0.3 is 10.6 Å². The average Bonchev–Trinajstić information content (AvgIpc) is 3.16. The van der Waals surface area contributed by atoms with Gasteiger partial charge in [-0.3, -0.25) is 9.59 Å². The maximum atomic E-state index is 13.0. The Bertz CT molecular complexity index is 972. The number of hydrogen-bond donors (Lipinski definition) is 2. The van der Waals surface area contributed by atoms with Crippen LogP contribution in [0.1, 0.15) is 19.8 Å². The highest BCUT2D eigenvalue weighted by Gasteiger charge is 2.09. The lowest BCUT2D eigenvalue weighted by molar-refractivity contribution is -0.116. The molecule has 3 rings (SSSR count). The molecular formula is C21H20FN3O2S2. The van der Waals surface area contributed by atoms with Gasteiger partial charge in [0.1, 0.15) is 5.82 Å². The van der Waals surface area contributed by atoms with Crippen LogP contribution in [0.25, 0.3) is 11.3 Å². The molecule has 0 spiro atoms. The van der Waals surface area contributed by atoms with Crippen LogP contribution in [-0.4, -0.2) is 22.6 Å². The first-order valence-corrected chi connectivity index (χ1v) is 10.9. The fourth-order valence-corrected chi connectivity index (χ4v) is 3.91. The molecule has 2 amide bonds. The number of rotatable bonds is 8. The number of carbonyl (C=O) groups is 2. The highest BCUT2D eigenvalue weighted by atomic mass is 32.2. The molecule has 0 unspecified atom stereocenters. The van der Waals surface area contributed by atoms with Crippen molar-refractivity contribution in [3.8, 4) is 11.3 Å². The molecule has 0 aliphatic heterocycles. The summed E-state index contributed by atoms with van der Waals surface area (Å²) in [5.41, 5.74) is 2.23. The monoisotopic (exact) mass is 429 g/mol. The van der Waals surface area contributed by atoms with Crippen molar-refractivity contribution in [3.05, 3.63) is 59.7 Å². The second-order valence-corrected chi connectivity index (χ2v) is 8.11. The minimum atomic E-state index is -0.300. The Morgan fingerprint density at radius 2 is 1.76 bits per heavy atom. The fourth-order valence-electron chi connectivity index (χ4n) is 2.47. The van der Waals surface area contributed by atoms with E-state index in [1.165, 1.54) is 35.2 Å². The van der Waals surface area contributed by atoms with Gasteiger partial charge in [0.2, 0.25) is 11.8 Å². The Kier molecular flexibility index (Phi) is 7.37. The van der Waals surface area contributed by atoms with Gasteiger partial charge in [-0.15, -0.1) is 23.1 Å². The smallest absolute Gasteiger partial charge is 0.236 e. The van der Waals surface area contributed by atoms with Crippen LogP contribution in [0.5, 0.6) is 0 Å². The first kappa shape index (κ1) is 21.0. The number of hydrogen-bond acceptors (Lipinski definition) is 5. The molecule has 0 aliphatic rings. The summed E-state index contributed by atoms with van der Waals surface area (Å²) >= 11 is 2.72. The van der Waals surface area contributed by atoms with E-state index in [0.29, 0.717) is 17.2 Å². The van der Waals surface area contributed by atoms with Gasteiger partial charge >= 0.3 is 0 Å². The van der Waals surface area contributed by atoms with Gasteiger partial charge in [0.25, 0.3) is 0 Å². The number of anilines is 2. The fraction of sp³-hybridized carbons (Fsp3) is 0.190. The molecule has 3 aromatic rings. The molecule has 2 N–H and O–H groups in total. The van der Waals surface area contributed by atoms with E-state index in [2.05, 4.69) is 15.6 Å². The molecule has 0 bridgehead atoms. The van der Waals surface area contributed by atoms with Crippen molar-refractivity contribution in [2.24, 2.45) is 0 Å². The van der Waals surface area contributed by atoms with Gasteiger partial charge in [0.15, 0.2) is 5.13 Å². The Hall–Kier alpha value is -2.71. The van der Waals surface area contributed by atoms with Gasteiger partial charge in [0.05, 0.1) is 11.4 Å². The molecule has 0 saturated carbocycles. The Morgan fingerprint density at radius 3 is 2.45 bits per heavy atom. The summed E-state index contributed by atoms with van der Waals surface area (Å²) in [6.07, 6.45) is 1.30. The summed E-state index contributed by atoms with van der Waals surface area (Å²) in [6, 6.07) is 13.5. The topological polar surface area (TPSA) is 71.1 Å². The molecule has 0 aliphatic carbocycles. The highest BCUT2D eigenvalue weighted by Crippen LogP contribution is 2.26. The molecule has 0 atom stereocenters. The molecule has 1 aromatic heterocycles. The lowest BCUT2D eigenvalue weighted by atomic mass is 10.2. The number of halogens is 1. The predicted octanol–water partition coefficient (Wildman–Crippen LogP) is 5.42. The van der Waals surface area contributed by atoms with E-state index in [4.69, 9.17) is 0 Å². The third-order valence-electron chi connectivity index (χ3n) is 3.88. The zero-order valence-electron chi connectivity index (χ0n) is 15.8. The van der Waals surface area contributed by atoms with Crippen LogP contribution in [0.15, 0.2) is 58.8 Å². The normalized spacial score (nSPS) is 10.6. The van der Waals surface area contributed by atoms with Crippen molar-refractivity contribution in [1.82, 2.24) is 4.98 Å². The Morgan fingerprint density at radius 1 is 1.03 bits per heavy atom. The lowest BCUT2D eigenvalue weighted by Gasteiger charge is -2.06. The number of benzene rings is 2. The SMILES string of the molecule is CCCC(=O)Nc1ccc(SCC(=O)Nc2nc(-c3ccc(F)cc3)cs2)cc1. The van der Waals surface area contributed by atoms with Crippen molar-refractivity contribution >= 4 is 45.7 Å². The summed E-state index contributed by atoms with van der Waals surface area (Å²) in [7, 11) is 0. The molecule has 2 aromatic carbocycles. The summed E-state index contributed by atoms with van der Waals surface area (Å²) in [5.74, 6) is -0.218. The molecule has 1 heterocycles. The average molecular weight is 430 g/mol. The van der Waals surface area contributed by atoms with Crippen LogP contribution in [0, 0.1) is 5.82 Å². The lowest BCUT2D eigenvalue weighted by Crippen LogP contribution is -2.13. The highest BCUT2D eigenvalue weighted by molar-refractivity contribution is 8.00. The minimum absolute atomic E-state index is 0.00395. The largest absolute Gasteiger partial charge is 0.326 e. The van der Waals surface area contributed by atoms with Gasteiger partial charge in [-0.2, -0.15) is 0 Å². The molecule has 0 saturated heterocycles. The van der Waals surface area contributed by atoms with E-state index in [0.717, 1.165) is 22.6 Å². The quantitative estimate of drug-likeness (QED) is 0.469. The van der Waals surface area contributed by atoms with Crippen molar-refractivity contribution in [2.75, 3.05) is 16.4 Å². The number of aromatic nitrogens is 1. The van der Waals surface area contributed by atoms with Crippen LogP contribution in [0.4, 0.5) is 15.2 Å². The molecule has 5 nitrogen and oxygen atoms in total. The van der Waals surface area contributed by atoms with Crippen LogP contribution < -0.4 is 10.6 Å². The maximum absolute atomic E-state index is 13.0. The van der Waals surface area contributed by atoms with E-state index < -0.39 is 0 Å². The van der Waals surface area contributed by atoms with Crippen LogP contribution >= 0.6 is 23.1 Å². The number of thiazole rings is 1. The number of amides is 2. The van der Waals surface area contributed by atoms with E-state index in [1.54, 1.807) is 12.1 Å². The number of carbonyl (C=O) groups excluding carboxylic acids is 2. The van der Waals surface area contributed by atoms with Crippen molar-refractivity contribution in [3.63, 3.8) is 0 Å². The first-order chi connectivity index (χ1) is 14.0. The summed E-state index contributed by atoms with van der Waals surface area (Å²) in [6.45, 7) is 1.96. The molecule has 150 valence electrons. The Labute approximate surface area is 176 Å². The first-order valence-electron chi connectivity index (χ1n) is 9.07. The second kappa shape index (κ2) is 10.2. The molecule has 29 heavy (non-hydrogen) atoms. The summed E-state index contributed by atoms with van der Waals surface area (Å²) in [4.78, 5) is 29.1. The number of thioether (sulfide) groups is 1. The van der Waals surface area contributed by atoms with Gasteiger partial charge in [-0.1, -0.05) is 6.92 Å². The minimum Gasteiger partial charge on any atom is -0.326 e. The molecule has 8 heteroatoms. The van der Waals surface area contributed by atoms with Crippen molar-refractivity contribution in [2.45, 2.75) is 24.7 Å². The number of nitrogens with zero attached hydrogens (tertiary/aromatic N) is 1. The summed E-state index contributed by atoms with van der Waals surface area (Å²) in [5, 5.41) is 7.94. The number of nitrogens with one attached hydrogen (secondary N) is 2. The standard InChI is InChI=1S/C21H20FN3O2S2/c1-2-3-19(26)23-16-8-10-17(11-9-16)28-13-20(27)25-21-24-18(12-29-21)14-4-6-15(22)7-5-14/h4-12H,2-3,13H2,1H3,(H,23,26)(H,24,25,27). The third-order valence-corrected chi connectivity index (χ3v) is 5.65. The molecular weight excluding hydrogens is 409 g/mol. The van der Waals surface area contributed by atoms with Crippen LogP contribution in [0.2, 0.25) is 0 Å². The summed E-state index contributed by atoms with van der Waals surface area (Å²) < 4.78 is 13.0. The van der Waals surface area contributed by atoms with Gasteiger partial charge in [-0.05, 0) is 55.0 Å². The van der Waals surface area contributed by atoms with Crippen molar-refractivity contribution in [1.29, 1.82) is 0 Å². The van der Waals surface area contributed by atoms with Crippen LogP contribution in [-0.2, 0) is 9.59 Å². The third kappa shape index (κ3) is 6.40.